The fourth-order valence-electron chi connectivity index (χ4n) is 1.48. The first-order valence-corrected chi connectivity index (χ1v) is 5.58. The Hall–Kier alpha value is -0.840. The standard InChI is InChI=1S/C11H12O3S/c1-13-7-14-11-6-9(12)8-4-2-3-5-10(8)15-11/h2-5,11H,6-7H2,1H3. The van der Waals surface area contributed by atoms with Gasteiger partial charge in [-0.2, -0.15) is 0 Å². The lowest BCUT2D eigenvalue weighted by atomic mass is 10.1. The minimum absolute atomic E-state index is 0.118. The molecule has 0 fully saturated rings. The Kier molecular flexibility index (Phi) is 3.41. The topological polar surface area (TPSA) is 35.5 Å². The van der Waals surface area contributed by atoms with Crippen LogP contribution in [0.5, 0.6) is 0 Å². The van der Waals surface area contributed by atoms with E-state index < -0.39 is 0 Å². The van der Waals surface area contributed by atoms with Crippen molar-refractivity contribution >= 4 is 17.5 Å². The second kappa shape index (κ2) is 4.79. The molecule has 1 heterocycles. The third kappa shape index (κ3) is 2.40. The van der Waals surface area contributed by atoms with Gasteiger partial charge in [-0.25, -0.2) is 0 Å². The number of Topliss-reactive ketones (excluding diaryl/α,β-unsaturated/α-hetero) is 1. The fourth-order valence-corrected chi connectivity index (χ4v) is 2.59. The van der Waals surface area contributed by atoms with E-state index in [-0.39, 0.29) is 18.0 Å². The minimum atomic E-state index is -0.118. The largest absolute Gasteiger partial charge is 0.359 e. The van der Waals surface area contributed by atoms with Gasteiger partial charge in [-0.3, -0.25) is 4.79 Å². The van der Waals surface area contributed by atoms with Crippen LogP contribution in [0.4, 0.5) is 0 Å². The van der Waals surface area contributed by atoms with E-state index in [2.05, 4.69) is 0 Å². The minimum Gasteiger partial charge on any atom is -0.359 e. The van der Waals surface area contributed by atoms with Gasteiger partial charge in [0.2, 0.25) is 0 Å². The normalized spacial score (nSPS) is 20.1. The van der Waals surface area contributed by atoms with Gasteiger partial charge in [-0.15, -0.1) is 0 Å². The quantitative estimate of drug-likeness (QED) is 0.738. The summed E-state index contributed by atoms with van der Waals surface area (Å²) in [6, 6.07) is 7.61. The molecule has 1 aromatic carbocycles. The predicted molar refractivity (Wildman–Crippen MR) is 58.0 cm³/mol. The molecule has 1 aliphatic rings. The summed E-state index contributed by atoms with van der Waals surface area (Å²) in [7, 11) is 1.57. The summed E-state index contributed by atoms with van der Waals surface area (Å²) in [5, 5.41) is 0. The first-order valence-electron chi connectivity index (χ1n) is 4.70. The summed E-state index contributed by atoms with van der Waals surface area (Å²) in [6.07, 6.45) is 0.422. The zero-order valence-electron chi connectivity index (χ0n) is 8.43. The first kappa shape index (κ1) is 10.7. The van der Waals surface area contributed by atoms with Crippen molar-refractivity contribution in [3.63, 3.8) is 0 Å². The summed E-state index contributed by atoms with van der Waals surface area (Å²) in [5.41, 5.74) is 0.687. The van der Waals surface area contributed by atoms with E-state index in [1.54, 1.807) is 18.9 Å². The molecule has 4 heteroatoms. The summed E-state index contributed by atoms with van der Waals surface area (Å²) in [4.78, 5) is 12.7. The fraction of sp³-hybridized carbons (Fsp3) is 0.364. The summed E-state index contributed by atoms with van der Waals surface area (Å²) < 4.78 is 10.2. The molecule has 0 aromatic heterocycles. The van der Waals surface area contributed by atoms with Crippen LogP contribution in [0.15, 0.2) is 29.2 Å². The number of benzene rings is 1. The lowest BCUT2D eigenvalue weighted by molar-refractivity contribution is -0.0419. The Morgan fingerprint density at radius 2 is 2.27 bits per heavy atom. The molecule has 2 rings (SSSR count). The van der Waals surface area contributed by atoms with Crippen LogP contribution in [-0.4, -0.2) is 25.1 Å². The van der Waals surface area contributed by atoms with Gasteiger partial charge in [-0.1, -0.05) is 30.0 Å². The van der Waals surface area contributed by atoms with E-state index in [1.807, 2.05) is 24.3 Å². The molecule has 1 unspecified atom stereocenters. The van der Waals surface area contributed by atoms with Crippen LogP contribution in [0.1, 0.15) is 16.8 Å². The van der Waals surface area contributed by atoms with Crippen LogP contribution < -0.4 is 0 Å². The number of thioether (sulfide) groups is 1. The van der Waals surface area contributed by atoms with Crippen LogP contribution in [0.3, 0.4) is 0 Å². The maximum atomic E-state index is 11.7. The van der Waals surface area contributed by atoms with Crippen molar-refractivity contribution in [2.75, 3.05) is 13.9 Å². The van der Waals surface area contributed by atoms with Gasteiger partial charge in [0, 0.05) is 24.0 Å². The van der Waals surface area contributed by atoms with E-state index >= 15 is 0 Å². The predicted octanol–water partition coefficient (Wildman–Crippen LogP) is 2.31. The van der Waals surface area contributed by atoms with Crippen molar-refractivity contribution < 1.29 is 14.3 Å². The second-order valence-corrected chi connectivity index (χ2v) is 4.45. The van der Waals surface area contributed by atoms with Crippen molar-refractivity contribution in [1.82, 2.24) is 0 Å². The summed E-state index contributed by atoms with van der Waals surface area (Å²) in [5.74, 6) is 0.144. The zero-order chi connectivity index (χ0) is 10.7. The van der Waals surface area contributed by atoms with Crippen LogP contribution in [0.25, 0.3) is 0 Å². The van der Waals surface area contributed by atoms with Crippen LogP contribution in [0.2, 0.25) is 0 Å². The molecular formula is C11H12O3S. The third-order valence-electron chi connectivity index (χ3n) is 2.17. The molecule has 15 heavy (non-hydrogen) atoms. The maximum absolute atomic E-state index is 11.7. The zero-order valence-corrected chi connectivity index (χ0v) is 9.25. The van der Waals surface area contributed by atoms with Crippen molar-refractivity contribution in [3.05, 3.63) is 29.8 Å². The third-order valence-corrected chi connectivity index (χ3v) is 3.35. The maximum Gasteiger partial charge on any atom is 0.167 e. The lowest BCUT2D eigenvalue weighted by Gasteiger charge is -2.22. The number of hydrogen-bond donors (Lipinski definition) is 0. The number of carbonyl (C=O) groups is 1. The highest BCUT2D eigenvalue weighted by atomic mass is 32.2. The Morgan fingerprint density at radius 1 is 1.47 bits per heavy atom. The number of methoxy groups -OCH3 is 1. The number of fused-ring (bicyclic) bond motifs is 1. The van der Waals surface area contributed by atoms with E-state index in [0.29, 0.717) is 6.42 Å². The van der Waals surface area contributed by atoms with Gasteiger partial charge in [0.25, 0.3) is 0 Å². The van der Waals surface area contributed by atoms with E-state index in [4.69, 9.17) is 9.47 Å². The monoisotopic (exact) mass is 224 g/mol. The van der Waals surface area contributed by atoms with Gasteiger partial charge in [0.1, 0.15) is 12.2 Å². The molecule has 0 N–H and O–H groups in total. The highest BCUT2D eigenvalue weighted by Crippen LogP contribution is 2.35. The van der Waals surface area contributed by atoms with Gasteiger partial charge in [-0.05, 0) is 6.07 Å². The molecule has 80 valence electrons. The van der Waals surface area contributed by atoms with Crippen molar-refractivity contribution in [2.45, 2.75) is 16.8 Å². The molecule has 0 amide bonds. The Bertz CT molecular complexity index is 365. The first-order chi connectivity index (χ1) is 7.31. The highest BCUT2D eigenvalue weighted by Gasteiger charge is 2.25. The van der Waals surface area contributed by atoms with Crippen LogP contribution in [0, 0.1) is 0 Å². The molecule has 0 radical (unpaired) electrons. The van der Waals surface area contributed by atoms with Gasteiger partial charge >= 0.3 is 0 Å². The Labute approximate surface area is 92.8 Å². The molecule has 1 atom stereocenters. The molecule has 1 aromatic rings. The molecule has 0 bridgehead atoms. The molecule has 0 saturated heterocycles. The van der Waals surface area contributed by atoms with E-state index in [1.165, 1.54) is 0 Å². The Balaban J connectivity index is 2.12. The number of ketones is 1. The van der Waals surface area contributed by atoms with E-state index in [9.17, 15) is 4.79 Å². The lowest BCUT2D eigenvalue weighted by Crippen LogP contribution is -2.20. The highest BCUT2D eigenvalue weighted by molar-refractivity contribution is 8.00. The van der Waals surface area contributed by atoms with Crippen LogP contribution in [-0.2, 0) is 9.47 Å². The average Bonchev–Trinajstić information content (AvgIpc) is 2.26. The van der Waals surface area contributed by atoms with E-state index in [0.717, 1.165) is 10.5 Å². The van der Waals surface area contributed by atoms with Crippen molar-refractivity contribution in [1.29, 1.82) is 0 Å². The summed E-state index contributed by atoms with van der Waals surface area (Å²) >= 11 is 1.58. The van der Waals surface area contributed by atoms with Crippen molar-refractivity contribution in [3.8, 4) is 0 Å². The number of hydrogen-bond acceptors (Lipinski definition) is 4. The Morgan fingerprint density at radius 3 is 3.07 bits per heavy atom. The molecule has 3 nitrogen and oxygen atoms in total. The van der Waals surface area contributed by atoms with Crippen molar-refractivity contribution in [2.24, 2.45) is 0 Å². The molecule has 1 aliphatic heterocycles. The average molecular weight is 224 g/mol. The summed E-state index contributed by atoms with van der Waals surface area (Å²) in [6.45, 7) is 0.229. The SMILES string of the molecule is COCOC1CC(=O)c2ccccc2S1. The van der Waals surface area contributed by atoms with Crippen LogP contribution >= 0.6 is 11.8 Å². The molecule has 0 saturated carbocycles. The number of ether oxygens (including phenoxy) is 2. The van der Waals surface area contributed by atoms with Gasteiger partial charge in [0.05, 0.1) is 0 Å². The molecule has 0 spiro atoms. The molecule has 0 aliphatic carbocycles. The van der Waals surface area contributed by atoms with Gasteiger partial charge < -0.3 is 9.47 Å². The van der Waals surface area contributed by atoms with Gasteiger partial charge in [0.15, 0.2) is 5.78 Å². The second-order valence-electron chi connectivity index (χ2n) is 3.24. The molecular weight excluding hydrogens is 212 g/mol. The number of carbonyl (C=O) groups excluding carboxylic acids is 1. The smallest absolute Gasteiger partial charge is 0.167 e. The number of rotatable bonds is 3.